The first-order valence-corrected chi connectivity index (χ1v) is 4.38. The van der Waals surface area contributed by atoms with E-state index in [-0.39, 0.29) is 5.82 Å². The van der Waals surface area contributed by atoms with E-state index in [2.05, 4.69) is 0 Å². The highest BCUT2D eigenvalue weighted by molar-refractivity contribution is 5.53. The average molecular weight is 182 g/mol. The predicted octanol–water partition coefficient (Wildman–Crippen LogP) is 1.74. The molecule has 13 heavy (non-hydrogen) atoms. The maximum atomic E-state index is 12.8. The van der Waals surface area contributed by atoms with Crippen LogP contribution in [0.4, 0.5) is 10.1 Å². The third kappa shape index (κ3) is 2.18. The summed E-state index contributed by atoms with van der Waals surface area (Å²) in [5.41, 5.74) is 7.38. The van der Waals surface area contributed by atoms with Gasteiger partial charge in [-0.05, 0) is 30.7 Å². The van der Waals surface area contributed by atoms with E-state index in [9.17, 15) is 4.39 Å². The number of benzene rings is 1. The minimum absolute atomic E-state index is 0.228. The molecule has 0 radical (unpaired) electrons. The van der Waals surface area contributed by atoms with Crippen LogP contribution < -0.4 is 10.6 Å². The molecule has 0 aliphatic carbocycles. The molecular weight excluding hydrogens is 167 g/mol. The van der Waals surface area contributed by atoms with Gasteiger partial charge in [0, 0.05) is 25.8 Å². The fourth-order valence-corrected chi connectivity index (χ4v) is 1.26. The van der Waals surface area contributed by atoms with Crippen molar-refractivity contribution in [1.82, 2.24) is 0 Å². The molecule has 0 heterocycles. The van der Waals surface area contributed by atoms with Crippen LogP contribution in [-0.2, 0) is 6.54 Å². The standard InChI is InChI=1S/C10H15FN2/c1-3-13(2)10-5-4-9(11)6-8(10)7-12/h4-6H,3,7,12H2,1-2H3. The van der Waals surface area contributed by atoms with Gasteiger partial charge >= 0.3 is 0 Å². The van der Waals surface area contributed by atoms with Crippen LogP contribution in [0, 0.1) is 5.82 Å². The van der Waals surface area contributed by atoms with E-state index in [0.29, 0.717) is 6.54 Å². The summed E-state index contributed by atoms with van der Waals surface area (Å²) >= 11 is 0. The summed E-state index contributed by atoms with van der Waals surface area (Å²) < 4.78 is 12.8. The molecule has 3 heteroatoms. The zero-order valence-corrected chi connectivity index (χ0v) is 8.05. The zero-order valence-electron chi connectivity index (χ0n) is 8.05. The van der Waals surface area contributed by atoms with Crippen molar-refractivity contribution in [2.75, 3.05) is 18.5 Å². The second kappa shape index (κ2) is 4.23. The molecule has 0 amide bonds. The van der Waals surface area contributed by atoms with Gasteiger partial charge in [-0.25, -0.2) is 4.39 Å². The lowest BCUT2D eigenvalue weighted by molar-refractivity contribution is 0.625. The van der Waals surface area contributed by atoms with Crippen molar-refractivity contribution in [2.24, 2.45) is 5.73 Å². The van der Waals surface area contributed by atoms with Gasteiger partial charge < -0.3 is 10.6 Å². The monoisotopic (exact) mass is 182 g/mol. The second-order valence-corrected chi connectivity index (χ2v) is 2.99. The lowest BCUT2D eigenvalue weighted by Crippen LogP contribution is -2.18. The molecule has 2 nitrogen and oxygen atoms in total. The van der Waals surface area contributed by atoms with Crippen molar-refractivity contribution in [1.29, 1.82) is 0 Å². The Bertz CT molecular complexity index is 286. The molecule has 0 unspecified atom stereocenters. The van der Waals surface area contributed by atoms with E-state index < -0.39 is 0 Å². The van der Waals surface area contributed by atoms with Crippen LogP contribution in [0.5, 0.6) is 0 Å². The van der Waals surface area contributed by atoms with Crippen LogP contribution in [0.15, 0.2) is 18.2 Å². The van der Waals surface area contributed by atoms with Crippen LogP contribution in [0.1, 0.15) is 12.5 Å². The summed E-state index contributed by atoms with van der Waals surface area (Å²) in [6.07, 6.45) is 0. The number of hydrogen-bond acceptors (Lipinski definition) is 2. The minimum Gasteiger partial charge on any atom is -0.375 e. The molecule has 0 atom stereocenters. The van der Waals surface area contributed by atoms with E-state index in [1.165, 1.54) is 12.1 Å². The molecule has 0 saturated heterocycles. The summed E-state index contributed by atoms with van der Waals surface area (Å²) in [6.45, 7) is 3.31. The predicted molar refractivity (Wildman–Crippen MR) is 53.2 cm³/mol. The lowest BCUT2D eigenvalue weighted by Gasteiger charge is -2.19. The number of nitrogens with zero attached hydrogens (tertiary/aromatic N) is 1. The summed E-state index contributed by atoms with van der Waals surface area (Å²) in [7, 11) is 1.96. The number of anilines is 1. The summed E-state index contributed by atoms with van der Waals surface area (Å²) in [5.74, 6) is -0.228. The van der Waals surface area contributed by atoms with Crippen LogP contribution in [-0.4, -0.2) is 13.6 Å². The molecule has 0 fully saturated rings. The quantitative estimate of drug-likeness (QED) is 0.771. The van der Waals surface area contributed by atoms with Gasteiger partial charge in [0.15, 0.2) is 0 Å². The molecule has 0 spiro atoms. The van der Waals surface area contributed by atoms with E-state index in [1.807, 2.05) is 18.9 Å². The SMILES string of the molecule is CCN(C)c1ccc(F)cc1CN. The van der Waals surface area contributed by atoms with Gasteiger partial charge in [0.05, 0.1) is 0 Å². The highest BCUT2D eigenvalue weighted by Gasteiger charge is 2.05. The molecule has 2 N–H and O–H groups in total. The van der Waals surface area contributed by atoms with Crippen LogP contribution in [0.25, 0.3) is 0 Å². The molecule has 0 aliphatic heterocycles. The van der Waals surface area contributed by atoms with Crippen molar-refractivity contribution in [3.05, 3.63) is 29.6 Å². The molecule has 0 bridgehead atoms. The third-order valence-corrected chi connectivity index (χ3v) is 2.15. The Balaban J connectivity index is 3.05. The molecule has 1 rings (SSSR count). The summed E-state index contributed by atoms with van der Waals surface area (Å²) in [6, 6.07) is 4.71. The minimum atomic E-state index is -0.228. The van der Waals surface area contributed by atoms with Crippen molar-refractivity contribution >= 4 is 5.69 Å². The van der Waals surface area contributed by atoms with Gasteiger partial charge in [-0.1, -0.05) is 0 Å². The fourth-order valence-electron chi connectivity index (χ4n) is 1.26. The lowest BCUT2D eigenvalue weighted by atomic mass is 10.1. The van der Waals surface area contributed by atoms with Crippen molar-refractivity contribution in [3.63, 3.8) is 0 Å². The molecule has 72 valence electrons. The van der Waals surface area contributed by atoms with Gasteiger partial charge in [-0.15, -0.1) is 0 Å². The zero-order chi connectivity index (χ0) is 9.84. The number of rotatable bonds is 3. The molecule has 1 aromatic rings. The van der Waals surface area contributed by atoms with E-state index >= 15 is 0 Å². The van der Waals surface area contributed by atoms with E-state index in [4.69, 9.17) is 5.73 Å². The van der Waals surface area contributed by atoms with Crippen LogP contribution in [0.2, 0.25) is 0 Å². The Labute approximate surface area is 78.2 Å². The molecule has 0 aliphatic rings. The molecule has 0 aromatic heterocycles. The van der Waals surface area contributed by atoms with Crippen LogP contribution in [0.3, 0.4) is 0 Å². The first-order valence-electron chi connectivity index (χ1n) is 4.38. The van der Waals surface area contributed by atoms with Crippen molar-refractivity contribution < 1.29 is 4.39 Å². The first-order chi connectivity index (χ1) is 6.19. The normalized spacial score (nSPS) is 10.2. The highest BCUT2D eigenvalue weighted by atomic mass is 19.1. The summed E-state index contributed by atoms with van der Waals surface area (Å²) in [5, 5.41) is 0. The summed E-state index contributed by atoms with van der Waals surface area (Å²) in [4.78, 5) is 2.04. The van der Waals surface area contributed by atoms with Crippen molar-refractivity contribution in [3.8, 4) is 0 Å². The van der Waals surface area contributed by atoms with Gasteiger partial charge in [0.25, 0.3) is 0 Å². The Kier molecular flexibility index (Phi) is 3.25. The molecule has 1 aromatic carbocycles. The number of nitrogens with two attached hydrogens (primary N) is 1. The Morgan fingerprint density at radius 1 is 1.46 bits per heavy atom. The van der Waals surface area contributed by atoms with E-state index in [1.54, 1.807) is 6.07 Å². The van der Waals surface area contributed by atoms with Gasteiger partial charge in [-0.2, -0.15) is 0 Å². The topological polar surface area (TPSA) is 29.3 Å². The third-order valence-electron chi connectivity index (χ3n) is 2.15. The Morgan fingerprint density at radius 3 is 2.69 bits per heavy atom. The molecular formula is C10H15FN2. The largest absolute Gasteiger partial charge is 0.375 e. The van der Waals surface area contributed by atoms with Gasteiger partial charge in [0.1, 0.15) is 5.82 Å². The molecule has 0 saturated carbocycles. The highest BCUT2D eigenvalue weighted by Crippen LogP contribution is 2.19. The van der Waals surface area contributed by atoms with Crippen molar-refractivity contribution in [2.45, 2.75) is 13.5 Å². The van der Waals surface area contributed by atoms with Gasteiger partial charge in [-0.3, -0.25) is 0 Å². The Morgan fingerprint density at radius 2 is 2.15 bits per heavy atom. The Hall–Kier alpha value is -1.09. The first kappa shape index (κ1) is 9.99. The maximum absolute atomic E-state index is 12.8. The van der Waals surface area contributed by atoms with Gasteiger partial charge in [0.2, 0.25) is 0 Å². The average Bonchev–Trinajstić information content (AvgIpc) is 2.16. The fraction of sp³-hybridized carbons (Fsp3) is 0.400. The number of hydrogen-bond donors (Lipinski definition) is 1. The smallest absolute Gasteiger partial charge is 0.123 e. The van der Waals surface area contributed by atoms with E-state index in [0.717, 1.165) is 17.8 Å². The number of halogens is 1. The maximum Gasteiger partial charge on any atom is 0.123 e. The second-order valence-electron chi connectivity index (χ2n) is 2.99. The van der Waals surface area contributed by atoms with Crippen LogP contribution >= 0.6 is 0 Å².